The van der Waals surface area contributed by atoms with Gasteiger partial charge in [0.2, 0.25) is 0 Å². The third kappa shape index (κ3) is 2.71. The SMILES string of the molecule is Clc1ccc(-n2c(Cc3ccccc3)nc3ccncc32)cc1. The van der Waals surface area contributed by atoms with E-state index in [1.165, 1.54) is 5.56 Å². The normalized spacial score (nSPS) is 11.0. The number of nitrogens with zero attached hydrogens (tertiary/aromatic N) is 3. The molecular formula is C19H14ClN3. The zero-order chi connectivity index (χ0) is 15.6. The lowest BCUT2D eigenvalue weighted by atomic mass is 10.1. The van der Waals surface area contributed by atoms with Crippen molar-refractivity contribution in [1.82, 2.24) is 14.5 Å². The maximum Gasteiger partial charge on any atom is 0.118 e. The topological polar surface area (TPSA) is 30.7 Å². The molecule has 0 bridgehead atoms. The van der Waals surface area contributed by atoms with Crippen molar-refractivity contribution >= 4 is 22.6 Å². The van der Waals surface area contributed by atoms with Crippen LogP contribution in [-0.2, 0) is 6.42 Å². The van der Waals surface area contributed by atoms with Crippen LogP contribution in [0.25, 0.3) is 16.7 Å². The van der Waals surface area contributed by atoms with Crippen LogP contribution < -0.4 is 0 Å². The van der Waals surface area contributed by atoms with E-state index in [0.717, 1.165) is 34.0 Å². The van der Waals surface area contributed by atoms with Crippen molar-refractivity contribution in [3.8, 4) is 5.69 Å². The molecular weight excluding hydrogens is 306 g/mol. The van der Waals surface area contributed by atoms with Crippen LogP contribution in [0.3, 0.4) is 0 Å². The van der Waals surface area contributed by atoms with Gasteiger partial charge in [0.15, 0.2) is 0 Å². The fourth-order valence-corrected chi connectivity index (χ4v) is 2.87. The van der Waals surface area contributed by atoms with Crippen LogP contribution in [0.2, 0.25) is 5.02 Å². The number of pyridine rings is 1. The number of hydrogen-bond acceptors (Lipinski definition) is 2. The van der Waals surface area contributed by atoms with Gasteiger partial charge in [0.25, 0.3) is 0 Å². The Bertz CT molecular complexity index is 943. The maximum atomic E-state index is 6.02. The molecule has 0 N–H and O–H groups in total. The van der Waals surface area contributed by atoms with E-state index in [1.54, 1.807) is 6.20 Å². The molecule has 0 aliphatic rings. The van der Waals surface area contributed by atoms with Crippen LogP contribution >= 0.6 is 11.6 Å². The van der Waals surface area contributed by atoms with Crippen molar-refractivity contribution < 1.29 is 0 Å². The second-order valence-corrected chi connectivity index (χ2v) is 5.80. The minimum atomic E-state index is 0.723. The lowest BCUT2D eigenvalue weighted by molar-refractivity contribution is 0.932. The molecule has 0 aliphatic carbocycles. The monoisotopic (exact) mass is 319 g/mol. The van der Waals surface area contributed by atoms with Crippen molar-refractivity contribution in [3.63, 3.8) is 0 Å². The Kier molecular flexibility index (Phi) is 3.56. The van der Waals surface area contributed by atoms with Crippen LogP contribution in [0, 0.1) is 0 Å². The predicted octanol–water partition coefficient (Wildman–Crippen LogP) is 4.66. The van der Waals surface area contributed by atoms with E-state index in [9.17, 15) is 0 Å². The molecule has 4 aromatic rings. The highest BCUT2D eigenvalue weighted by Crippen LogP contribution is 2.23. The van der Waals surface area contributed by atoms with E-state index in [2.05, 4.69) is 21.7 Å². The first kappa shape index (κ1) is 14.0. The zero-order valence-corrected chi connectivity index (χ0v) is 13.1. The Morgan fingerprint density at radius 1 is 0.913 bits per heavy atom. The molecule has 3 nitrogen and oxygen atoms in total. The highest BCUT2D eigenvalue weighted by atomic mass is 35.5. The molecule has 2 heterocycles. The molecule has 0 fully saturated rings. The highest BCUT2D eigenvalue weighted by Gasteiger charge is 2.13. The quantitative estimate of drug-likeness (QED) is 0.549. The van der Waals surface area contributed by atoms with E-state index >= 15 is 0 Å². The van der Waals surface area contributed by atoms with Gasteiger partial charge in [-0.1, -0.05) is 41.9 Å². The molecule has 23 heavy (non-hydrogen) atoms. The number of halogens is 1. The van der Waals surface area contributed by atoms with Gasteiger partial charge in [-0.15, -0.1) is 0 Å². The van der Waals surface area contributed by atoms with Crippen molar-refractivity contribution in [2.24, 2.45) is 0 Å². The standard InChI is InChI=1S/C19H14ClN3/c20-15-6-8-16(9-7-15)23-18-13-21-11-10-17(18)22-19(23)12-14-4-2-1-3-5-14/h1-11,13H,12H2. The summed E-state index contributed by atoms with van der Waals surface area (Å²) < 4.78 is 2.14. The van der Waals surface area contributed by atoms with E-state index in [1.807, 2.05) is 54.7 Å². The second-order valence-electron chi connectivity index (χ2n) is 5.37. The summed E-state index contributed by atoms with van der Waals surface area (Å²) in [7, 11) is 0. The fourth-order valence-electron chi connectivity index (χ4n) is 2.75. The van der Waals surface area contributed by atoms with Crippen LogP contribution in [0.4, 0.5) is 0 Å². The molecule has 4 heteroatoms. The molecule has 0 saturated carbocycles. The molecule has 0 radical (unpaired) electrons. The van der Waals surface area contributed by atoms with Crippen LogP contribution in [0.5, 0.6) is 0 Å². The lowest BCUT2D eigenvalue weighted by Gasteiger charge is -2.09. The summed E-state index contributed by atoms with van der Waals surface area (Å²) in [5.74, 6) is 0.988. The van der Waals surface area contributed by atoms with Gasteiger partial charge in [0, 0.05) is 23.3 Å². The largest absolute Gasteiger partial charge is 0.294 e. The van der Waals surface area contributed by atoms with Crippen LogP contribution in [0.1, 0.15) is 11.4 Å². The summed E-state index contributed by atoms with van der Waals surface area (Å²) >= 11 is 6.02. The van der Waals surface area contributed by atoms with E-state index in [-0.39, 0.29) is 0 Å². The number of hydrogen-bond donors (Lipinski definition) is 0. The molecule has 4 rings (SSSR count). The Labute approximate surface area is 139 Å². The number of benzene rings is 2. The van der Waals surface area contributed by atoms with Crippen molar-refractivity contribution in [3.05, 3.63) is 89.5 Å². The average Bonchev–Trinajstić information content (AvgIpc) is 2.94. The van der Waals surface area contributed by atoms with Gasteiger partial charge in [-0.25, -0.2) is 4.98 Å². The fraction of sp³-hybridized carbons (Fsp3) is 0.0526. The van der Waals surface area contributed by atoms with Gasteiger partial charge in [-0.3, -0.25) is 9.55 Å². The first-order valence-electron chi connectivity index (χ1n) is 7.42. The number of rotatable bonds is 3. The van der Waals surface area contributed by atoms with Gasteiger partial charge >= 0.3 is 0 Å². The summed E-state index contributed by atoms with van der Waals surface area (Å²) in [6, 6.07) is 20.1. The maximum absolute atomic E-state index is 6.02. The highest BCUT2D eigenvalue weighted by molar-refractivity contribution is 6.30. The van der Waals surface area contributed by atoms with Crippen molar-refractivity contribution in [2.75, 3.05) is 0 Å². The average molecular weight is 320 g/mol. The Morgan fingerprint density at radius 3 is 2.48 bits per heavy atom. The van der Waals surface area contributed by atoms with E-state index in [0.29, 0.717) is 0 Å². The number of imidazole rings is 1. The molecule has 0 amide bonds. The summed E-state index contributed by atoms with van der Waals surface area (Å²) in [5, 5.41) is 0.723. The Hall–Kier alpha value is -2.65. The predicted molar refractivity (Wildman–Crippen MR) is 93.1 cm³/mol. The Morgan fingerprint density at radius 2 is 1.70 bits per heavy atom. The first-order valence-corrected chi connectivity index (χ1v) is 7.80. The second kappa shape index (κ2) is 5.86. The molecule has 2 aromatic carbocycles. The van der Waals surface area contributed by atoms with E-state index < -0.39 is 0 Å². The molecule has 0 spiro atoms. The Balaban J connectivity index is 1.89. The van der Waals surface area contributed by atoms with Gasteiger partial charge in [0.1, 0.15) is 5.82 Å². The smallest absolute Gasteiger partial charge is 0.118 e. The van der Waals surface area contributed by atoms with Gasteiger partial charge < -0.3 is 0 Å². The minimum absolute atomic E-state index is 0.723. The summed E-state index contributed by atoms with van der Waals surface area (Å²) in [6.07, 6.45) is 4.39. The zero-order valence-electron chi connectivity index (χ0n) is 12.4. The molecule has 0 unspecified atom stereocenters. The van der Waals surface area contributed by atoms with Gasteiger partial charge in [0.05, 0.1) is 17.2 Å². The first-order chi connectivity index (χ1) is 11.3. The minimum Gasteiger partial charge on any atom is -0.294 e. The third-order valence-electron chi connectivity index (χ3n) is 3.82. The van der Waals surface area contributed by atoms with Crippen molar-refractivity contribution in [1.29, 1.82) is 0 Å². The summed E-state index contributed by atoms with van der Waals surface area (Å²) in [6.45, 7) is 0. The molecule has 2 aromatic heterocycles. The number of aromatic nitrogens is 3. The molecule has 112 valence electrons. The third-order valence-corrected chi connectivity index (χ3v) is 4.07. The van der Waals surface area contributed by atoms with Crippen LogP contribution in [-0.4, -0.2) is 14.5 Å². The molecule has 0 saturated heterocycles. The molecule has 0 aliphatic heterocycles. The van der Waals surface area contributed by atoms with Gasteiger partial charge in [-0.2, -0.15) is 0 Å². The number of fused-ring (bicyclic) bond motifs is 1. The van der Waals surface area contributed by atoms with Gasteiger partial charge in [-0.05, 0) is 35.9 Å². The van der Waals surface area contributed by atoms with Crippen LogP contribution in [0.15, 0.2) is 73.1 Å². The lowest BCUT2D eigenvalue weighted by Crippen LogP contribution is -2.02. The van der Waals surface area contributed by atoms with Crippen molar-refractivity contribution in [2.45, 2.75) is 6.42 Å². The summed E-state index contributed by atoms with van der Waals surface area (Å²) in [5.41, 5.74) is 4.21. The summed E-state index contributed by atoms with van der Waals surface area (Å²) in [4.78, 5) is 9.05. The van der Waals surface area contributed by atoms with E-state index in [4.69, 9.17) is 16.6 Å². The molecule has 0 atom stereocenters.